The summed E-state index contributed by atoms with van der Waals surface area (Å²) < 4.78 is 10.5. The molecule has 33 heavy (non-hydrogen) atoms. The monoisotopic (exact) mass is 471 g/mol. The van der Waals surface area contributed by atoms with Gasteiger partial charge in [0.25, 0.3) is 0 Å². The van der Waals surface area contributed by atoms with E-state index in [1.165, 1.54) is 11.8 Å². The first-order valence-electron chi connectivity index (χ1n) is 11.1. The van der Waals surface area contributed by atoms with Crippen molar-refractivity contribution in [2.45, 2.75) is 36.8 Å². The molecule has 2 aliphatic rings. The topological polar surface area (TPSA) is 106 Å². The van der Waals surface area contributed by atoms with Crippen LogP contribution in [0.15, 0.2) is 35.4 Å². The molecule has 1 saturated heterocycles. The van der Waals surface area contributed by atoms with Crippen LogP contribution in [0.4, 0.5) is 11.5 Å². The van der Waals surface area contributed by atoms with E-state index in [1.54, 1.807) is 32.4 Å². The minimum atomic E-state index is -0.154. The highest BCUT2D eigenvalue weighted by Crippen LogP contribution is 2.30. The molecule has 1 aliphatic carbocycles. The molecule has 2 amide bonds. The van der Waals surface area contributed by atoms with Crippen LogP contribution in [0.25, 0.3) is 0 Å². The lowest BCUT2D eigenvalue weighted by Gasteiger charge is -2.32. The Hall–Kier alpha value is -3.01. The van der Waals surface area contributed by atoms with E-state index >= 15 is 0 Å². The number of ether oxygens (including phenoxy) is 2. The largest absolute Gasteiger partial charge is 0.493 e. The van der Waals surface area contributed by atoms with Crippen LogP contribution >= 0.6 is 11.8 Å². The van der Waals surface area contributed by atoms with Crippen LogP contribution < -0.4 is 25.0 Å². The van der Waals surface area contributed by atoms with Crippen LogP contribution in [0.2, 0.25) is 0 Å². The quantitative estimate of drug-likeness (QED) is 0.538. The fourth-order valence-electron chi connectivity index (χ4n) is 3.76. The van der Waals surface area contributed by atoms with Crippen molar-refractivity contribution in [3.8, 4) is 11.5 Å². The molecule has 1 aromatic heterocycles. The van der Waals surface area contributed by atoms with E-state index < -0.39 is 0 Å². The highest BCUT2D eigenvalue weighted by Gasteiger charge is 2.31. The number of hydrogen-bond donors (Lipinski definition) is 2. The summed E-state index contributed by atoms with van der Waals surface area (Å²) in [6.45, 7) is 1.52. The number of amides is 2. The molecule has 1 saturated carbocycles. The molecule has 9 nitrogen and oxygen atoms in total. The SMILES string of the molecule is COc1ccc(NC(=O)CSc2ccc(N3CCC[C@@H](C(=O)NC4CC4)C3)nn2)cc1OC. The van der Waals surface area contributed by atoms with Crippen LogP contribution in [0, 0.1) is 5.92 Å². The zero-order valence-corrected chi connectivity index (χ0v) is 19.7. The van der Waals surface area contributed by atoms with Crippen LogP contribution in [0.1, 0.15) is 25.7 Å². The van der Waals surface area contributed by atoms with Gasteiger partial charge in [-0.2, -0.15) is 0 Å². The van der Waals surface area contributed by atoms with Crippen molar-refractivity contribution in [3.05, 3.63) is 30.3 Å². The lowest BCUT2D eigenvalue weighted by Crippen LogP contribution is -2.44. The summed E-state index contributed by atoms with van der Waals surface area (Å²) in [5.74, 6) is 2.11. The molecule has 1 atom stereocenters. The molecule has 1 aromatic carbocycles. The number of rotatable bonds is 9. The molecule has 2 N–H and O–H groups in total. The molecule has 2 heterocycles. The highest BCUT2D eigenvalue weighted by atomic mass is 32.2. The van der Waals surface area contributed by atoms with Crippen molar-refractivity contribution in [1.82, 2.24) is 15.5 Å². The van der Waals surface area contributed by atoms with Crippen LogP contribution in [0.3, 0.4) is 0 Å². The first kappa shape index (κ1) is 23.2. The van der Waals surface area contributed by atoms with Gasteiger partial charge in [0.15, 0.2) is 17.3 Å². The third-order valence-corrected chi connectivity index (χ3v) is 6.60. The summed E-state index contributed by atoms with van der Waals surface area (Å²) in [7, 11) is 3.11. The Morgan fingerprint density at radius 2 is 1.91 bits per heavy atom. The number of carbonyl (C=O) groups is 2. The van der Waals surface area contributed by atoms with Crippen LogP contribution in [-0.2, 0) is 9.59 Å². The smallest absolute Gasteiger partial charge is 0.234 e. The molecule has 2 fully saturated rings. The van der Waals surface area contributed by atoms with E-state index in [0.29, 0.717) is 34.8 Å². The van der Waals surface area contributed by atoms with E-state index in [0.717, 1.165) is 38.0 Å². The number of benzene rings is 1. The standard InChI is InChI=1S/C23H29N5O4S/c1-31-18-8-7-17(12-19(18)32-2)24-21(29)14-33-22-10-9-20(26-27-22)28-11-3-4-15(13-28)23(30)25-16-5-6-16/h7-10,12,15-16H,3-6,11,13-14H2,1-2H3,(H,24,29)(H,25,30)/t15-/m1/s1. The maximum atomic E-state index is 12.4. The second-order valence-electron chi connectivity index (χ2n) is 8.20. The van der Waals surface area contributed by atoms with Crippen molar-refractivity contribution in [2.24, 2.45) is 5.92 Å². The third kappa shape index (κ3) is 6.28. The van der Waals surface area contributed by atoms with Gasteiger partial charge in [-0.05, 0) is 49.9 Å². The summed E-state index contributed by atoms with van der Waals surface area (Å²) in [5, 5.41) is 15.2. The third-order valence-electron chi connectivity index (χ3n) is 5.68. The number of nitrogens with one attached hydrogen (secondary N) is 2. The van der Waals surface area contributed by atoms with Crippen molar-refractivity contribution in [1.29, 1.82) is 0 Å². The Morgan fingerprint density at radius 1 is 1.09 bits per heavy atom. The Kier molecular flexibility index (Phi) is 7.54. The fourth-order valence-corrected chi connectivity index (χ4v) is 4.37. The predicted molar refractivity (Wildman–Crippen MR) is 127 cm³/mol. The number of carbonyl (C=O) groups excluding carboxylic acids is 2. The first-order valence-corrected chi connectivity index (χ1v) is 12.1. The molecule has 176 valence electrons. The summed E-state index contributed by atoms with van der Waals surface area (Å²) in [5.41, 5.74) is 0.630. The van der Waals surface area contributed by atoms with E-state index in [2.05, 4.69) is 25.7 Å². The van der Waals surface area contributed by atoms with Gasteiger partial charge in [0, 0.05) is 30.9 Å². The molecule has 0 bridgehead atoms. The van der Waals surface area contributed by atoms with Gasteiger partial charge >= 0.3 is 0 Å². The van der Waals surface area contributed by atoms with Gasteiger partial charge in [0.1, 0.15) is 5.03 Å². The summed E-state index contributed by atoms with van der Waals surface area (Å²) in [4.78, 5) is 26.9. The number of hydrogen-bond acceptors (Lipinski definition) is 8. The van der Waals surface area contributed by atoms with Gasteiger partial charge in [0.2, 0.25) is 11.8 Å². The van der Waals surface area contributed by atoms with E-state index in [9.17, 15) is 9.59 Å². The Morgan fingerprint density at radius 3 is 2.61 bits per heavy atom. The summed E-state index contributed by atoms with van der Waals surface area (Å²) >= 11 is 1.32. The molecular formula is C23H29N5O4S. The number of anilines is 2. The van der Waals surface area contributed by atoms with Gasteiger partial charge in [-0.25, -0.2) is 0 Å². The molecule has 4 rings (SSSR count). The normalized spacial score (nSPS) is 17.9. The van der Waals surface area contributed by atoms with Gasteiger partial charge in [-0.15, -0.1) is 10.2 Å². The second-order valence-corrected chi connectivity index (χ2v) is 9.20. The molecule has 0 unspecified atom stereocenters. The molecular weight excluding hydrogens is 442 g/mol. The van der Waals surface area contributed by atoms with Gasteiger partial charge in [0.05, 0.1) is 25.9 Å². The first-order chi connectivity index (χ1) is 16.1. The Bertz CT molecular complexity index is 983. The molecule has 1 aliphatic heterocycles. The zero-order valence-electron chi connectivity index (χ0n) is 18.9. The van der Waals surface area contributed by atoms with E-state index in [1.807, 2.05) is 12.1 Å². The van der Waals surface area contributed by atoms with Crippen molar-refractivity contribution >= 4 is 35.1 Å². The van der Waals surface area contributed by atoms with Crippen molar-refractivity contribution in [2.75, 3.05) is 43.3 Å². The number of methoxy groups -OCH3 is 2. The Labute approximate surface area is 197 Å². The summed E-state index contributed by atoms with van der Waals surface area (Å²) in [6, 6.07) is 9.37. The zero-order chi connectivity index (χ0) is 23.2. The molecule has 10 heteroatoms. The van der Waals surface area contributed by atoms with E-state index in [-0.39, 0.29) is 23.5 Å². The minimum absolute atomic E-state index is 0.00419. The number of nitrogens with zero attached hydrogens (tertiary/aromatic N) is 3. The number of thioether (sulfide) groups is 1. The number of piperidine rings is 1. The average Bonchev–Trinajstić information content (AvgIpc) is 3.67. The molecule has 2 aromatic rings. The Balaban J connectivity index is 1.27. The fraction of sp³-hybridized carbons (Fsp3) is 0.478. The van der Waals surface area contributed by atoms with Crippen molar-refractivity contribution < 1.29 is 19.1 Å². The van der Waals surface area contributed by atoms with Gasteiger partial charge in [-0.1, -0.05) is 11.8 Å². The molecule has 0 radical (unpaired) electrons. The maximum Gasteiger partial charge on any atom is 0.234 e. The van der Waals surface area contributed by atoms with Crippen LogP contribution in [0.5, 0.6) is 11.5 Å². The summed E-state index contributed by atoms with van der Waals surface area (Å²) in [6.07, 6.45) is 4.06. The predicted octanol–water partition coefficient (Wildman–Crippen LogP) is 2.72. The maximum absolute atomic E-state index is 12.4. The highest BCUT2D eigenvalue weighted by molar-refractivity contribution is 7.99. The van der Waals surface area contributed by atoms with Gasteiger partial charge in [-0.3, -0.25) is 9.59 Å². The molecule has 0 spiro atoms. The average molecular weight is 472 g/mol. The van der Waals surface area contributed by atoms with E-state index in [4.69, 9.17) is 9.47 Å². The second kappa shape index (κ2) is 10.7. The minimum Gasteiger partial charge on any atom is -0.493 e. The van der Waals surface area contributed by atoms with Gasteiger partial charge < -0.3 is 25.0 Å². The lowest BCUT2D eigenvalue weighted by molar-refractivity contribution is -0.125. The number of aromatic nitrogens is 2. The van der Waals surface area contributed by atoms with Crippen LogP contribution in [-0.4, -0.2) is 61.1 Å². The van der Waals surface area contributed by atoms with Crippen molar-refractivity contribution in [3.63, 3.8) is 0 Å². The lowest BCUT2D eigenvalue weighted by atomic mass is 9.97.